The fraction of sp³-hybridized carbons (Fsp3) is 0.308. The molecular formula is C13H17NO2. The number of nitrogens with zero attached hydrogens (tertiary/aromatic N) is 1. The molecule has 0 radical (unpaired) electrons. The summed E-state index contributed by atoms with van der Waals surface area (Å²) in [7, 11) is 0. The van der Waals surface area contributed by atoms with E-state index >= 15 is 0 Å². The average molecular weight is 219 g/mol. The van der Waals surface area contributed by atoms with E-state index in [9.17, 15) is 4.79 Å². The summed E-state index contributed by atoms with van der Waals surface area (Å²) in [5.41, 5.74) is 1.15. The van der Waals surface area contributed by atoms with Gasteiger partial charge in [0.05, 0.1) is 0 Å². The maximum atomic E-state index is 10.9. The summed E-state index contributed by atoms with van der Waals surface area (Å²) in [6.45, 7) is 6.44. The molecule has 1 N–H and O–H groups in total. The summed E-state index contributed by atoms with van der Waals surface area (Å²) >= 11 is 0. The molecule has 0 heterocycles. The molecule has 1 aromatic rings. The zero-order chi connectivity index (χ0) is 12.0. The van der Waals surface area contributed by atoms with E-state index in [1.165, 1.54) is 4.90 Å². The summed E-state index contributed by atoms with van der Waals surface area (Å²) in [6.07, 6.45) is 0.703. The van der Waals surface area contributed by atoms with E-state index in [0.29, 0.717) is 13.1 Å². The van der Waals surface area contributed by atoms with Crippen molar-refractivity contribution in [2.75, 3.05) is 13.1 Å². The number of amides is 1. The third-order valence-electron chi connectivity index (χ3n) is 2.48. The van der Waals surface area contributed by atoms with Crippen molar-refractivity contribution < 1.29 is 9.90 Å². The first-order chi connectivity index (χ1) is 7.65. The van der Waals surface area contributed by atoms with E-state index in [2.05, 4.69) is 6.58 Å². The molecule has 1 rings (SSSR count). The second kappa shape index (κ2) is 5.95. The van der Waals surface area contributed by atoms with Crippen LogP contribution in [-0.2, 0) is 0 Å². The predicted molar refractivity (Wildman–Crippen MR) is 64.7 cm³/mol. The molecule has 0 fully saturated rings. The number of carbonyl (C=O) groups is 1. The third kappa shape index (κ3) is 3.42. The van der Waals surface area contributed by atoms with Gasteiger partial charge >= 0.3 is 6.09 Å². The smallest absolute Gasteiger partial charge is 0.407 e. The summed E-state index contributed by atoms with van der Waals surface area (Å²) < 4.78 is 0. The zero-order valence-corrected chi connectivity index (χ0v) is 9.47. The minimum Gasteiger partial charge on any atom is -0.465 e. The highest BCUT2D eigenvalue weighted by Gasteiger charge is 2.14. The maximum absolute atomic E-state index is 10.9. The maximum Gasteiger partial charge on any atom is 0.407 e. The van der Waals surface area contributed by atoms with Gasteiger partial charge in [-0.25, -0.2) is 4.79 Å². The Bertz CT molecular complexity index is 348. The van der Waals surface area contributed by atoms with E-state index in [0.717, 1.165) is 5.56 Å². The van der Waals surface area contributed by atoms with Crippen molar-refractivity contribution in [1.82, 2.24) is 4.90 Å². The first kappa shape index (κ1) is 12.3. The molecule has 1 unspecified atom stereocenters. The molecule has 0 aromatic heterocycles. The third-order valence-corrected chi connectivity index (χ3v) is 2.48. The van der Waals surface area contributed by atoms with Crippen molar-refractivity contribution in [2.24, 2.45) is 0 Å². The first-order valence-corrected chi connectivity index (χ1v) is 5.29. The quantitative estimate of drug-likeness (QED) is 0.773. The van der Waals surface area contributed by atoms with Gasteiger partial charge in [-0.2, -0.15) is 0 Å². The van der Waals surface area contributed by atoms with Gasteiger partial charge in [-0.15, -0.1) is 6.58 Å². The first-order valence-electron chi connectivity index (χ1n) is 5.29. The van der Waals surface area contributed by atoms with Crippen LogP contribution in [0.3, 0.4) is 0 Å². The van der Waals surface area contributed by atoms with Crippen molar-refractivity contribution in [1.29, 1.82) is 0 Å². The van der Waals surface area contributed by atoms with Gasteiger partial charge in [0.2, 0.25) is 0 Å². The van der Waals surface area contributed by atoms with Crippen molar-refractivity contribution in [3.63, 3.8) is 0 Å². The van der Waals surface area contributed by atoms with Gasteiger partial charge in [0, 0.05) is 13.1 Å². The molecule has 0 saturated carbocycles. The normalized spacial score (nSPS) is 11.8. The van der Waals surface area contributed by atoms with Gasteiger partial charge < -0.3 is 10.0 Å². The second-order valence-corrected chi connectivity index (χ2v) is 3.79. The second-order valence-electron chi connectivity index (χ2n) is 3.79. The lowest BCUT2D eigenvalue weighted by atomic mass is 10.0. The van der Waals surface area contributed by atoms with Crippen LogP contribution in [0.5, 0.6) is 0 Å². The lowest BCUT2D eigenvalue weighted by Gasteiger charge is -2.21. The van der Waals surface area contributed by atoms with Crippen molar-refractivity contribution in [2.45, 2.75) is 12.8 Å². The number of benzene rings is 1. The Morgan fingerprint density at radius 3 is 2.62 bits per heavy atom. The minimum absolute atomic E-state index is 0.192. The molecule has 0 bridgehead atoms. The van der Waals surface area contributed by atoms with E-state index < -0.39 is 6.09 Å². The van der Waals surface area contributed by atoms with Crippen LogP contribution in [0, 0.1) is 0 Å². The highest BCUT2D eigenvalue weighted by atomic mass is 16.4. The SMILES string of the molecule is C=CCN(CC(C)c1ccccc1)C(=O)O. The lowest BCUT2D eigenvalue weighted by Crippen LogP contribution is -2.32. The van der Waals surface area contributed by atoms with Gasteiger partial charge in [-0.1, -0.05) is 43.3 Å². The van der Waals surface area contributed by atoms with E-state index in [1.807, 2.05) is 37.3 Å². The molecular weight excluding hydrogens is 202 g/mol. The van der Waals surface area contributed by atoms with Gasteiger partial charge in [-0.05, 0) is 11.5 Å². The van der Waals surface area contributed by atoms with Crippen molar-refractivity contribution >= 4 is 6.09 Å². The fourth-order valence-corrected chi connectivity index (χ4v) is 1.60. The molecule has 0 spiro atoms. The van der Waals surface area contributed by atoms with Crippen LogP contribution in [0.25, 0.3) is 0 Å². The molecule has 16 heavy (non-hydrogen) atoms. The van der Waals surface area contributed by atoms with E-state index in [4.69, 9.17) is 5.11 Å². The Hall–Kier alpha value is -1.77. The Labute approximate surface area is 96.0 Å². The summed E-state index contributed by atoms with van der Waals surface area (Å²) in [6, 6.07) is 9.90. The molecule has 1 amide bonds. The topological polar surface area (TPSA) is 40.5 Å². The lowest BCUT2D eigenvalue weighted by molar-refractivity contribution is 0.148. The Morgan fingerprint density at radius 2 is 2.12 bits per heavy atom. The minimum atomic E-state index is -0.900. The summed E-state index contributed by atoms with van der Waals surface area (Å²) in [5, 5.41) is 8.98. The largest absolute Gasteiger partial charge is 0.465 e. The summed E-state index contributed by atoms with van der Waals surface area (Å²) in [4.78, 5) is 12.3. The fourth-order valence-electron chi connectivity index (χ4n) is 1.60. The van der Waals surface area contributed by atoms with Crippen LogP contribution in [0.15, 0.2) is 43.0 Å². The van der Waals surface area contributed by atoms with Crippen LogP contribution >= 0.6 is 0 Å². The number of hydrogen-bond donors (Lipinski definition) is 1. The Kier molecular flexibility index (Phi) is 4.58. The van der Waals surface area contributed by atoms with E-state index in [1.54, 1.807) is 6.08 Å². The monoisotopic (exact) mass is 219 g/mol. The molecule has 1 aromatic carbocycles. The molecule has 0 aliphatic rings. The van der Waals surface area contributed by atoms with Gasteiger partial charge in [0.15, 0.2) is 0 Å². The average Bonchev–Trinajstić information content (AvgIpc) is 2.29. The van der Waals surface area contributed by atoms with Crippen molar-refractivity contribution in [3.05, 3.63) is 48.6 Å². The van der Waals surface area contributed by atoms with Gasteiger partial charge in [0.25, 0.3) is 0 Å². The van der Waals surface area contributed by atoms with Crippen LogP contribution in [0.4, 0.5) is 4.79 Å². The van der Waals surface area contributed by atoms with Gasteiger partial charge in [-0.3, -0.25) is 0 Å². The summed E-state index contributed by atoms with van der Waals surface area (Å²) in [5.74, 6) is 0.192. The molecule has 0 aliphatic carbocycles. The Morgan fingerprint density at radius 1 is 1.50 bits per heavy atom. The molecule has 1 atom stereocenters. The Balaban J connectivity index is 2.65. The molecule has 3 heteroatoms. The molecule has 0 saturated heterocycles. The predicted octanol–water partition coefficient (Wildman–Crippen LogP) is 2.96. The highest BCUT2D eigenvalue weighted by Crippen LogP contribution is 2.15. The van der Waals surface area contributed by atoms with E-state index in [-0.39, 0.29) is 5.92 Å². The standard InChI is InChI=1S/C13H17NO2/c1-3-9-14(13(15)16)10-11(2)12-7-5-4-6-8-12/h3-8,11H,1,9-10H2,2H3,(H,15,16). The van der Waals surface area contributed by atoms with Crippen LogP contribution < -0.4 is 0 Å². The number of hydrogen-bond acceptors (Lipinski definition) is 1. The molecule has 3 nitrogen and oxygen atoms in total. The van der Waals surface area contributed by atoms with Crippen LogP contribution in [0.2, 0.25) is 0 Å². The molecule has 0 aliphatic heterocycles. The number of carboxylic acid groups (broad SMARTS) is 1. The van der Waals surface area contributed by atoms with Crippen LogP contribution in [-0.4, -0.2) is 29.2 Å². The highest BCUT2D eigenvalue weighted by molar-refractivity contribution is 5.65. The van der Waals surface area contributed by atoms with Crippen molar-refractivity contribution in [3.8, 4) is 0 Å². The number of rotatable bonds is 5. The van der Waals surface area contributed by atoms with Crippen LogP contribution in [0.1, 0.15) is 18.4 Å². The van der Waals surface area contributed by atoms with Gasteiger partial charge in [0.1, 0.15) is 0 Å². The molecule has 86 valence electrons. The zero-order valence-electron chi connectivity index (χ0n) is 9.47.